The Morgan fingerprint density at radius 3 is 2.85 bits per heavy atom. The number of hydrogen-bond donors (Lipinski definition) is 1. The van der Waals surface area contributed by atoms with E-state index in [-0.39, 0.29) is 10.6 Å². The first kappa shape index (κ1) is 14.3. The molecule has 0 saturated heterocycles. The van der Waals surface area contributed by atoms with Gasteiger partial charge in [0.1, 0.15) is 5.82 Å². The minimum Gasteiger partial charge on any atom is -0.478 e. The summed E-state index contributed by atoms with van der Waals surface area (Å²) in [6.07, 6.45) is 1.35. The van der Waals surface area contributed by atoms with Gasteiger partial charge in [-0.2, -0.15) is 0 Å². The van der Waals surface area contributed by atoms with Gasteiger partial charge in [0.2, 0.25) is 0 Å². The van der Waals surface area contributed by atoms with Crippen LogP contribution in [0.3, 0.4) is 0 Å². The summed E-state index contributed by atoms with van der Waals surface area (Å²) in [5.74, 6) is -0.532. The van der Waals surface area contributed by atoms with Crippen LogP contribution in [0.4, 0.5) is 5.82 Å². The quantitative estimate of drug-likeness (QED) is 0.938. The number of rotatable bonds is 4. The van der Waals surface area contributed by atoms with E-state index in [4.69, 9.17) is 16.7 Å². The topological polar surface area (TPSA) is 66.3 Å². The molecule has 0 aliphatic carbocycles. The van der Waals surface area contributed by atoms with E-state index in [0.29, 0.717) is 12.4 Å². The Bertz CT molecular complexity index is 646. The summed E-state index contributed by atoms with van der Waals surface area (Å²) in [6.45, 7) is 2.46. The number of pyridine rings is 2. The molecule has 0 amide bonds. The van der Waals surface area contributed by atoms with Crippen molar-refractivity contribution >= 4 is 23.4 Å². The first-order valence-corrected chi connectivity index (χ1v) is 6.37. The van der Waals surface area contributed by atoms with Gasteiger partial charge in [0.25, 0.3) is 0 Å². The smallest absolute Gasteiger partial charge is 0.337 e. The lowest BCUT2D eigenvalue weighted by Crippen LogP contribution is -2.19. The minimum absolute atomic E-state index is 0.0423. The third kappa shape index (κ3) is 3.24. The van der Waals surface area contributed by atoms with Crippen LogP contribution in [-0.2, 0) is 6.54 Å². The summed E-state index contributed by atoms with van der Waals surface area (Å²) in [5.41, 5.74) is 1.87. The fourth-order valence-electron chi connectivity index (χ4n) is 1.81. The minimum atomic E-state index is -1.07. The molecular weight excluding hydrogens is 278 g/mol. The number of aryl methyl sites for hydroxylation is 1. The first-order chi connectivity index (χ1) is 9.47. The third-order valence-electron chi connectivity index (χ3n) is 2.81. The monoisotopic (exact) mass is 291 g/mol. The molecule has 1 N–H and O–H groups in total. The molecule has 2 aromatic heterocycles. The lowest BCUT2D eigenvalue weighted by atomic mass is 10.2. The van der Waals surface area contributed by atoms with Gasteiger partial charge >= 0.3 is 5.97 Å². The number of halogens is 1. The summed E-state index contributed by atoms with van der Waals surface area (Å²) in [5, 5.41) is 9.18. The van der Waals surface area contributed by atoms with Crippen molar-refractivity contribution in [1.82, 2.24) is 9.97 Å². The molecule has 104 valence electrons. The number of hydrogen-bond acceptors (Lipinski definition) is 4. The highest BCUT2D eigenvalue weighted by molar-refractivity contribution is 6.33. The Morgan fingerprint density at radius 2 is 2.20 bits per heavy atom. The SMILES string of the molecule is Cc1cccc(CN(C)c2cc(C(=O)O)c(Cl)cn2)n1. The molecule has 0 unspecified atom stereocenters. The van der Waals surface area contributed by atoms with Gasteiger partial charge in [-0.05, 0) is 25.1 Å². The number of carboxylic acid groups (broad SMARTS) is 1. The molecule has 20 heavy (non-hydrogen) atoms. The predicted octanol–water partition coefficient (Wildman–Crippen LogP) is 2.77. The van der Waals surface area contributed by atoms with Crippen LogP contribution in [0.1, 0.15) is 21.7 Å². The second-order valence-electron chi connectivity index (χ2n) is 4.45. The number of carbonyl (C=O) groups is 1. The van der Waals surface area contributed by atoms with Crippen molar-refractivity contribution in [1.29, 1.82) is 0 Å². The molecule has 6 heteroatoms. The molecule has 0 fully saturated rings. The van der Waals surface area contributed by atoms with Crippen molar-refractivity contribution in [2.45, 2.75) is 13.5 Å². The normalized spacial score (nSPS) is 10.3. The van der Waals surface area contributed by atoms with E-state index in [2.05, 4.69) is 9.97 Å². The van der Waals surface area contributed by atoms with Crippen LogP contribution in [-0.4, -0.2) is 28.1 Å². The van der Waals surface area contributed by atoms with Crippen molar-refractivity contribution in [3.8, 4) is 0 Å². The van der Waals surface area contributed by atoms with E-state index >= 15 is 0 Å². The molecule has 5 nitrogen and oxygen atoms in total. The Morgan fingerprint density at radius 1 is 1.45 bits per heavy atom. The second-order valence-corrected chi connectivity index (χ2v) is 4.86. The summed E-state index contributed by atoms with van der Waals surface area (Å²) >= 11 is 5.80. The van der Waals surface area contributed by atoms with Gasteiger partial charge < -0.3 is 10.0 Å². The maximum Gasteiger partial charge on any atom is 0.337 e. The molecule has 0 saturated carbocycles. The van der Waals surface area contributed by atoms with Gasteiger partial charge in [-0.3, -0.25) is 4.98 Å². The molecular formula is C14H14ClN3O2. The van der Waals surface area contributed by atoms with Crippen LogP contribution in [0.25, 0.3) is 0 Å². The summed E-state index contributed by atoms with van der Waals surface area (Å²) in [7, 11) is 1.83. The van der Waals surface area contributed by atoms with E-state index in [1.807, 2.05) is 37.1 Å². The van der Waals surface area contributed by atoms with Gasteiger partial charge in [-0.1, -0.05) is 17.7 Å². The molecule has 0 bridgehead atoms. The highest BCUT2D eigenvalue weighted by Crippen LogP contribution is 2.20. The zero-order valence-corrected chi connectivity index (χ0v) is 11.9. The average molecular weight is 292 g/mol. The number of aromatic nitrogens is 2. The van der Waals surface area contributed by atoms with Gasteiger partial charge in [-0.15, -0.1) is 0 Å². The average Bonchev–Trinajstić information content (AvgIpc) is 2.38. The van der Waals surface area contributed by atoms with Crippen LogP contribution < -0.4 is 4.90 Å². The van der Waals surface area contributed by atoms with Crippen LogP contribution in [0.2, 0.25) is 5.02 Å². The molecule has 2 rings (SSSR count). The standard InChI is InChI=1S/C14H14ClN3O2/c1-9-4-3-5-10(17-9)8-18(2)13-6-11(14(19)20)12(15)7-16-13/h3-7H,8H2,1-2H3,(H,19,20). The Balaban J connectivity index is 2.23. The van der Waals surface area contributed by atoms with Crippen LogP contribution in [0.15, 0.2) is 30.5 Å². The summed E-state index contributed by atoms with van der Waals surface area (Å²) in [6, 6.07) is 7.23. The Labute approximate surface area is 121 Å². The zero-order chi connectivity index (χ0) is 14.7. The highest BCUT2D eigenvalue weighted by atomic mass is 35.5. The highest BCUT2D eigenvalue weighted by Gasteiger charge is 2.13. The molecule has 0 aliphatic rings. The number of aromatic carboxylic acids is 1. The molecule has 0 aliphatic heterocycles. The van der Waals surface area contributed by atoms with Crippen LogP contribution in [0.5, 0.6) is 0 Å². The predicted molar refractivity (Wildman–Crippen MR) is 77.3 cm³/mol. The fourth-order valence-corrected chi connectivity index (χ4v) is 2.00. The number of anilines is 1. The number of carboxylic acids is 1. The lowest BCUT2D eigenvalue weighted by Gasteiger charge is -2.18. The van der Waals surface area contributed by atoms with E-state index in [1.165, 1.54) is 12.3 Å². The maximum absolute atomic E-state index is 11.1. The fraction of sp³-hybridized carbons (Fsp3) is 0.214. The second kappa shape index (κ2) is 5.88. The largest absolute Gasteiger partial charge is 0.478 e. The van der Waals surface area contributed by atoms with Crippen molar-refractivity contribution in [2.24, 2.45) is 0 Å². The van der Waals surface area contributed by atoms with Gasteiger partial charge in [0.05, 0.1) is 22.8 Å². The molecule has 0 aromatic carbocycles. The van der Waals surface area contributed by atoms with E-state index in [0.717, 1.165) is 11.4 Å². The lowest BCUT2D eigenvalue weighted by molar-refractivity contribution is 0.0697. The van der Waals surface area contributed by atoms with E-state index in [1.54, 1.807) is 0 Å². The van der Waals surface area contributed by atoms with Crippen molar-refractivity contribution in [3.05, 3.63) is 52.4 Å². The van der Waals surface area contributed by atoms with Crippen LogP contribution >= 0.6 is 11.6 Å². The Kier molecular flexibility index (Phi) is 4.20. The summed E-state index contributed by atoms with van der Waals surface area (Å²) < 4.78 is 0. The van der Waals surface area contributed by atoms with Crippen LogP contribution in [0, 0.1) is 6.92 Å². The van der Waals surface area contributed by atoms with Gasteiger partial charge in [0.15, 0.2) is 0 Å². The molecule has 0 spiro atoms. The summed E-state index contributed by atoms with van der Waals surface area (Å²) in [4.78, 5) is 21.4. The van der Waals surface area contributed by atoms with Gasteiger partial charge in [0, 0.05) is 18.9 Å². The third-order valence-corrected chi connectivity index (χ3v) is 3.11. The van der Waals surface area contributed by atoms with Crippen molar-refractivity contribution < 1.29 is 9.90 Å². The molecule has 2 aromatic rings. The van der Waals surface area contributed by atoms with Gasteiger partial charge in [-0.25, -0.2) is 9.78 Å². The van der Waals surface area contributed by atoms with Crippen molar-refractivity contribution in [3.63, 3.8) is 0 Å². The molecule has 0 atom stereocenters. The van der Waals surface area contributed by atoms with E-state index < -0.39 is 5.97 Å². The first-order valence-electron chi connectivity index (χ1n) is 6.00. The van der Waals surface area contributed by atoms with E-state index in [9.17, 15) is 4.79 Å². The molecule has 0 radical (unpaired) electrons. The number of nitrogens with zero attached hydrogens (tertiary/aromatic N) is 3. The maximum atomic E-state index is 11.1. The van der Waals surface area contributed by atoms with Crippen molar-refractivity contribution in [2.75, 3.05) is 11.9 Å². The Hall–Kier alpha value is -2.14. The molecule has 2 heterocycles. The zero-order valence-electron chi connectivity index (χ0n) is 11.2.